The molecule has 0 spiro atoms. The standard InChI is InChI=1S/C28H34N4O5/c1-17(2)22(31-27(36)37-28(4,5)6)24-30-23(18(3)32(24)16-19-11-8-7-9-12-19)25(33)29-21-14-10-13-20(15-21)26(34)35/h7-15,17,22H,16H2,1-6H3,(H,29,33)(H,31,36)(H,34,35)/t22-/m0/s1. The van der Waals surface area contributed by atoms with Crippen molar-refractivity contribution in [3.8, 4) is 0 Å². The monoisotopic (exact) mass is 506 g/mol. The summed E-state index contributed by atoms with van der Waals surface area (Å²) in [6, 6.07) is 15.2. The van der Waals surface area contributed by atoms with Crippen LogP contribution in [-0.4, -0.2) is 38.2 Å². The van der Waals surface area contributed by atoms with Crippen LogP contribution < -0.4 is 10.6 Å². The van der Waals surface area contributed by atoms with Crippen molar-refractivity contribution >= 4 is 23.7 Å². The van der Waals surface area contributed by atoms with Gasteiger partial charge in [0.25, 0.3) is 5.91 Å². The highest BCUT2D eigenvalue weighted by Crippen LogP contribution is 2.26. The first-order chi connectivity index (χ1) is 17.4. The van der Waals surface area contributed by atoms with Gasteiger partial charge in [-0.15, -0.1) is 0 Å². The highest BCUT2D eigenvalue weighted by molar-refractivity contribution is 6.04. The molecule has 0 saturated heterocycles. The van der Waals surface area contributed by atoms with E-state index in [2.05, 4.69) is 10.6 Å². The molecule has 0 aliphatic heterocycles. The van der Waals surface area contributed by atoms with E-state index >= 15 is 0 Å². The Hall–Kier alpha value is -4.14. The molecule has 196 valence electrons. The van der Waals surface area contributed by atoms with Crippen LogP contribution in [0.25, 0.3) is 0 Å². The minimum Gasteiger partial charge on any atom is -0.478 e. The minimum atomic E-state index is -1.09. The Balaban J connectivity index is 2.01. The van der Waals surface area contributed by atoms with E-state index in [4.69, 9.17) is 9.72 Å². The number of anilines is 1. The first kappa shape index (κ1) is 27.4. The van der Waals surface area contributed by atoms with Gasteiger partial charge in [-0.2, -0.15) is 0 Å². The Morgan fingerprint density at radius 3 is 2.32 bits per heavy atom. The predicted molar refractivity (Wildman–Crippen MR) is 141 cm³/mol. The van der Waals surface area contributed by atoms with Gasteiger partial charge in [-0.25, -0.2) is 14.6 Å². The fourth-order valence-electron chi connectivity index (χ4n) is 3.86. The Morgan fingerprint density at radius 1 is 1.05 bits per heavy atom. The van der Waals surface area contributed by atoms with E-state index in [1.165, 1.54) is 12.1 Å². The van der Waals surface area contributed by atoms with E-state index in [0.29, 0.717) is 23.8 Å². The molecule has 3 N–H and O–H groups in total. The number of ether oxygens (including phenoxy) is 1. The summed E-state index contributed by atoms with van der Waals surface area (Å²) < 4.78 is 7.39. The number of hydrogen-bond acceptors (Lipinski definition) is 5. The minimum absolute atomic E-state index is 0.0613. The van der Waals surface area contributed by atoms with E-state index in [-0.39, 0.29) is 17.2 Å². The number of benzene rings is 2. The number of rotatable bonds is 8. The van der Waals surface area contributed by atoms with Crippen LogP contribution in [0.5, 0.6) is 0 Å². The lowest BCUT2D eigenvalue weighted by Gasteiger charge is -2.26. The number of aromatic nitrogens is 2. The van der Waals surface area contributed by atoms with Crippen LogP contribution in [0.3, 0.4) is 0 Å². The van der Waals surface area contributed by atoms with Crippen LogP contribution >= 0.6 is 0 Å². The average molecular weight is 507 g/mol. The SMILES string of the molecule is Cc1c(C(=O)Nc2cccc(C(=O)O)c2)nc([C@@H](NC(=O)OC(C)(C)C)C(C)C)n1Cc1ccccc1. The number of alkyl carbamates (subject to hydrolysis) is 1. The number of hydrogen-bond donors (Lipinski definition) is 3. The van der Waals surface area contributed by atoms with E-state index in [9.17, 15) is 19.5 Å². The van der Waals surface area contributed by atoms with Gasteiger partial charge < -0.3 is 25.0 Å². The van der Waals surface area contributed by atoms with E-state index in [0.717, 1.165) is 5.56 Å². The number of nitrogens with zero attached hydrogens (tertiary/aromatic N) is 2. The van der Waals surface area contributed by atoms with Crippen LogP contribution in [0.15, 0.2) is 54.6 Å². The number of nitrogens with one attached hydrogen (secondary N) is 2. The van der Waals surface area contributed by atoms with Gasteiger partial charge in [-0.3, -0.25) is 4.79 Å². The Bertz CT molecular complexity index is 1280. The van der Waals surface area contributed by atoms with Crippen LogP contribution in [0.2, 0.25) is 0 Å². The van der Waals surface area contributed by atoms with Gasteiger partial charge in [-0.05, 0) is 57.4 Å². The number of carbonyl (C=O) groups is 3. The lowest BCUT2D eigenvalue weighted by Crippen LogP contribution is -2.38. The quantitative estimate of drug-likeness (QED) is 0.375. The highest BCUT2D eigenvalue weighted by atomic mass is 16.6. The van der Waals surface area contributed by atoms with E-state index in [1.807, 2.05) is 48.7 Å². The molecule has 3 rings (SSSR count). The lowest BCUT2D eigenvalue weighted by molar-refractivity contribution is 0.0484. The molecule has 3 aromatic rings. The van der Waals surface area contributed by atoms with Gasteiger partial charge in [0.1, 0.15) is 17.1 Å². The van der Waals surface area contributed by atoms with E-state index in [1.54, 1.807) is 39.8 Å². The predicted octanol–water partition coefficient (Wildman–Crippen LogP) is 5.41. The summed E-state index contributed by atoms with van der Waals surface area (Å²) in [6.07, 6.45) is -0.574. The molecule has 1 aromatic heterocycles. The average Bonchev–Trinajstić information content (AvgIpc) is 3.12. The maximum Gasteiger partial charge on any atom is 0.408 e. The third-order valence-corrected chi connectivity index (χ3v) is 5.63. The summed E-state index contributed by atoms with van der Waals surface area (Å²) in [4.78, 5) is 42.0. The second-order valence-electron chi connectivity index (χ2n) is 10.2. The van der Waals surface area contributed by atoms with Gasteiger partial charge in [0.05, 0.1) is 11.6 Å². The molecule has 37 heavy (non-hydrogen) atoms. The highest BCUT2D eigenvalue weighted by Gasteiger charge is 2.30. The fraction of sp³-hybridized carbons (Fsp3) is 0.357. The fourth-order valence-corrected chi connectivity index (χ4v) is 3.86. The molecular weight excluding hydrogens is 472 g/mol. The largest absolute Gasteiger partial charge is 0.478 e. The zero-order chi connectivity index (χ0) is 27.3. The molecule has 0 aliphatic carbocycles. The maximum atomic E-state index is 13.3. The van der Waals surface area contributed by atoms with Crippen molar-refractivity contribution in [2.75, 3.05) is 5.32 Å². The molecular formula is C28H34N4O5. The summed E-state index contributed by atoms with van der Waals surface area (Å²) in [7, 11) is 0. The third kappa shape index (κ3) is 7.19. The van der Waals surface area contributed by atoms with E-state index < -0.39 is 29.6 Å². The normalized spacial score (nSPS) is 12.2. The number of amides is 2. The molecule has 0 radical (unpaired) electrons. The molecule has 2 amide bonds. The summed E-state index contributed by atoms with van der Waals surface area (Å²) in [5.41, 5.74) is 1.54. The molecule has 1 atom stereocenters. The van der Waals surface area contributed by atoms with Crippen LogP contribution in [0, 0.1) is 12.8 Å². The maximum absolute atomic E-state index is 13.3. The molecule has 2 aromatic carbocycles. The zero-order valence-electron chi connectivity index (χ0n) is 22.0. The molecule has 0 fully saturated rings. The lowest BCUT2D eigenvalue weighted by atomic mass is 10.0. The summed E-state index contributed by atoms with van der Waals surface area (Å²) in [5.74, 6) is -1.11. The number of aromatic carboxylic acids is 1. The number of carboxylic acids is 1. The van der Waals surface area contributed by atoms with Gasteiger partial charge in [0.2, 0.25) is 0 Å². The molecule has 1 heterocycles. The van der Waals surface area contributed by atoms with Crippen molar-refractivity contribution < 1.29 is 24.2 Å². The molecule has 0 bridgehead atoms. The zero-order valence-corrected chi connectivity index (χ0v) is 22.0. The number of imidazole rings is 1. The van der Waals surface area contributed by atoms with Gasteiger partial charge in [-0.1, -0.05) is 50.2 Å². The van der Waals surface area contributed by atoms with Gasteiger partial charge in [0, 0.05) is 17.9 Å². The molecule has 0 unspecified atom stereocenters. The third-order valence-electron chi connectivity index (χ3n) is 5.63. The van der Waals surface area contributed by atoms with Gasteiger partial charge in [0.15, 0.2) is 0 Å². The smallest absolute Gasteiger partial charge is 0.408 e. The van der Waals surface area contributed by atoms with Crippen LogP contribution in [-0.2, 0) is 11.3 Å². The summed E-state index contributed by atoms with van der Waals surface area (Å²) >= 11 is 0. The van der Waals surface area contributed by atoms with Crippen LogP contribution in [0.4, 0.5) is 10.5 Å². The second kappa shape index (κ2) is 11.3. The number of carbonyl (C=O) groups excluding carboxylic acids is 2. The van der Waals surface area contributed by atoms with Crippen LogP contribution in [0.1, 0.15) is 78.6 Å². The van der Waals surface area contributed by atoms with Crippen molar-refractivity contribution in [2.24, 2.45) is 5.92 Å². The molecule has 0 saturated carbocycles. The summed E-state index contributed by atoms with van der Waals surface area (Å²) in [5, 5.41) is 14.9. The summed E-state index contributed by atoms with van der Waals surface area (Å²) in [6.45, 7) is 11.5. The Morgan fingerprint density at radius 2 is 1.73 bits per heavy atom. The van der Waals surface area contributed by atoms with Gasteiger partial charge >= 0.3 is 12.1 Å². The number of carboxylic acid groups (broad SMARTS) is 1. The molecule has 9 heteroatoms. The Labute approximate surface area is 216 Å². The molecule has 9 nitrogen and oxygen atoms in total. The van der Waals surface area contributed by atoms with Crippen molar-refractivity contribution in [1.82, 2.24) is 14.9 Å². The Kier molecular flexibility index (Phi) is 8.37. The van der Waals surface area contributed by atoms with Crippen molar-refractivity contribution in [3.63, 3.8) is 0 Å². The first-order valence-corrected chi connectivity index (χ1v) is 12.1. The van der Waals surface area contributed by atoms with Crippen molar-refractivity contribution in [3.05, 3.63) is 82.9 Å². The topological polar surface area (TPSA) is 123 Å². The first-order valence-electron chi connectivity index (χ1n) is 12.1. The van der Waals surface area contributed by atoms with Crippen molar-refractivity contribution in [1.29, 1.82) is 0 Å². The molecule has 0 aliphatic rings. The second-order valence-corrected chi connectivity index (χ2v) is 10.2. The van der Waals surface area contributed by atoms with Crippen molar-refractivity contribution in [2.45, 2.75) is 59.7 Å².